The van der Waals surface area contributed by atoms with Crippen LogP contribution in [0.15, 0.2) is 0 Å². The van der Waals surface area contributed by atoms with Gasteiger partial charge in [-0.05, 0) is 25.7 Å². The van der Waals surface area contributed by atoms with Crippen molar-refractivity contribution in [3.63, 3.8) is 0 Å². The minimum absolute atomic E-state index is 0.475. The van der Waals surface area contributed by atoms with Crippen LogP contribution in [-0.2, 0) is 9.47 Å². The molecule has 4 heteroatoms. The van der Waals surface area contributed by atoms with Crippen LogP contribution in [0.1, 0.15) is 32.6 Å². The van der Waals surface area contributed by atoms with Crippen LogP contribution >= 0.6 is 11.6 Å². The van der Waals surface area contributed by atoms with Crippen molar-refractivity contribution in [3.05, 3.63) is 0 Å². The van der Waals surface area contributed by atoms with Crippen molar-refractivity contribution in [2.24, 2.45) is 5.92 Å². The second kappa shape index (κ2) is 5.32. The first-order valence-electron chi connectivity index (χ1n) is 4.66. The lowest BCUT2D eigenvalue weighted by Crippen LogP contribution is -2.15. The van der Waals surface area contributed by atoms with E-state index in [4.69, 9.17) is 16.3 Å². The van der Waals surface area contributed by atoms with Gasteiger partial charge in [0.1, 0.15) is 0 Å². The highest BCUT2D eigenvalue weighted by molar-refractivity contribution is 6.19. The summed E-state index contributed by atoms with van der Waals surface area (Å²) in [6.07, 6.45) is 4.14. The Hall–Kier alpha value is -0.440. The molecule has 1 unspecified atom stereocenters. The second-order valence-electron chi connectivity index (χ2n) is 3.37. The topological polar surface area (TPSA) is 35.5 Å². The van der Waals surface area contributed by atoms with Gasteiger partial charge in [-0.15, -0.1) is 0 Å². The predicted octanol–water partition coefficient (Wildman–Crippen LogP) is 2.91. The summed E-state index contributed by atoms with van der Waals surface area (Å²) in [5, 5.41) is 0. The number of alkyl halides is 1. The van der Waals surface area contributed by atoms with Crippen molar-refractivity contribution in [1.82, 2.24) is 0 Å². The van der Waals surface area contributed by atoms with E-state index in [-0.39, 0.29) is 0 Å². The summed E-state index contributed by atoms with van der Waals surface area (Å²) in [4.78, 5) is 10.9. The SMILES string of the molecule is CC(Cl)OC(=O)OCC1CCCC1. The number of rotatable bonds is 3. The van der Waals surface area contributed by atoms with E-state index in [0.29, 0.717) is 12.5 Å². The molecule has 3 nitrogen and oxygen atoms in total. The molecule has 0 heterocycles. The number of ether oxygens (including phenoxy) is 2. The van der Waals surface area contributed by atoms with Crippen LogP contribution in [0.5, 0.6) is 0 Å². The zero-order chi connectivity index (χ0) is 9.68. The summed E-state index contributed by atoms with van der Waals surface area (Å²) >= 11 is 5.44. The van der Waals surface area contributed by atoms with E-state index in [9.17, 15) is 4.79 Å². The van der Waals surface area contributed by atoms with Crippen molar-refractivity contribution >= 4 is 17.8 Å². The smallest absolute Gasteiger partial charge is 0.434 e. The van der Waals surface area contributed by atoms with Crippen LogP contribution in [0.25, 0.3) is 0 Å². The van der Waals surface area contributed by atoms with Crippen molar-refractivity contribution < 1.29 is 14.3 Å². The molecule has 1 aliphatic carbocycles. The normalized spacial score (nSPS) is 19.8. The molecule has 1 saturated carbocycles. The Labute approximate surface area is 83.3 Å². The molecule has 0 N–H and O–H groups in total. The van der Waals surface area contributed by atoms with Crippen LogP contribution in [0.3, 0.4) is 0 Å². The van der Waals surface area contributed by atoms with Crippen LogP contribution in [0.2, 0.25) is 0 Å². The molecule has 0 bridgehead atoms. The minimum atomic E-state index is -0.658. The van der Waals surface area contributed by atoms with Crippen molar-refractivity contribution in [1.29, 1.82) is 0 Å². The highest BCUT2D eigenvalue weighted by atomic mass is 35.5. The van der Waals surface area contributed by atoms with Gasteiger partial charge < -0.3 is 9.47 Å². The molecule has 1 aliphatic rings. The lowest BCUT2D eigenvalue weighted by molar-refractivity contribution is 0.0398. The largest absolute Gasteiger partial charge is 0.509 e. The molecule has 0 spiro atoms. The lowest BCUT2D eigenvalue weighted by atomic mass is 10.1. The van der Waals surface area contributed by atoms with Crippen LogP contribution < -0.4 is 0 Å². The fourth-order valence-electron chi connectivity index (χ4n) is 1.53. The third kappa shape index (κ3) is 4.36. The number of carbonyl (C=O) groups is 1. The van der Waals surface area contributed by atoms with E-state index >= 15 is 0 Å². The van der Waals surface area contributed by atoms with Crippen LogP contribution in [-0.4, -0.2) is 18.3 Å². The maximum atomic E-state index is 10.9. The van der Waals surface area contributed by atoms with E-state index in [1.807, 2.05) is 0 Å². The van der Waals surface area contributed by atoms with Gasteiger partial charge in [0, 0.05) is 0 Å². The Balaban J connectivity index is 2.07. The van der Waals surface area contributed by atoms with Crippen LogP contribution in [0, 0.1) is 5.92 Å². The Morgan fingerprint density at radius 1 is 1.54 bits per heavy atom. The average molecular weight is 207 g/mol. The summed E-state index contributed by atoms with van der Waals surface area (Å²) in [6.45, 7) is 2.06. The fourth-order valence-corrected chi connectivity index (χ4v) is 1.60. The standard InChI is InChI=1S/C9H15ClO3/c1-7(10)13-9(11)12-6-8-4-2-3-5-8/h7-8H,2-6H2,1H3. The third-order valence-electron chi connectivity index (χ3n) is 2.17. The van der Waals surface area contributed by atoms with Crippen molar-refractivity contribution in [2.75, 3.05) is 6.61 Å². The molecule has 0 aromatic carbocycles. The summed E-state index contributed by atoms with van der Waals surface area (Å²) in [7, 11) is 0. The molecular formula is C9H15ClO3. The highest BCUT2D eigenvalue weighted by Crippen LogP contribution is 2.24. The van der Waals surface area contributed by atoms with Gasteiger partial charge in [0.15, 0.2) is 5.56 Å². The van der Waals surface area contributed by atoms with Gasteiger partial charge in [0.05, 0.1) is 6.61 Å². The molecule has 1 rings (SSSR count). The number of halogens is 1. The minimum Gasteiger partial charge on any atom is -0.434 e. The molecule has 0 aliphatic heterocycles. The average Bonchev–Trinajstić information content (AvgIpc) is 2.51. The molecule has 0 radical (unpaired) electrons. The third-order valence-corrected chi connectivity index (χ3v) is 2.26. The van der Waals surface area contributed by atoms with E-state index < -0.39 is 11.7 Å². The Kier molecular flexibility index (Phi) is 4.36. The van der Waals surface area contributed by atoms with Gasteiger partial charge in [0.25, 0.3) is 0 Å². The summed E-state index contributed by atoms with van der Waals surface area (Å²) in [5.74, 6) is 0.526. The molecule has 76 valence electrons. The molecule has 0 aromatic rings. The maximum absolute atomic E-state index is 10.9. The molecule has 1 atom stereocenters. The molecule has 0 amide bonds. The van der Waals surface area contributed by atoms with Gasteiger partial charge in [-0.25, -0.2) is 4.79 Å². The Morgan fingerprint density at radius 3 is 2.69 bits per heavy atom. The van der Waals surface area contributed by atoms with Crippen molar-refractivity contribution in [3.8, 4) is 0 Å². The van der Waals surface area contributed by atoms with Gasteiger partial charge in [-0.3, -0.25) is 0 Å². The second-order valence-corrected chi connectivity index (χ2v) is 3.99. The predicted molar refractivity (Wildman–Crippen MR) is 49.7 cm³/mol. The first-order chi connectivity index (χ1) is 6.18. The molecule has 1 fully saturated rings. The summed E-state index contributed by atoms with van der Waals surface area (Å²) in [5.41, 5.74) is -0.615. The zero-order valence-corrected chi connectivity index (χ0v) is 8.55. The van der Waals surface area contributed by atoms with E-state index in [1.165, 1.54) is 12.8 Å². The zero-order valence-electron chi connectivity index (χ0n) is 7.79. The van der Waals surface area contributed by atoms with E-state index in [1.54, 1.807) is 6.92 Å². The van der Waals surface area contributed by atoms with Gasteiger partial charge in [-0.2, -0.15) is 0 Å². The van der Waals surface area contributed by atoms with Gasteiger partial charge in [0.2, 0.25) is 0 Å². The first kappa shape index (κ1) is 10.6. The van der Waals surface area contributed by atoms with Crippen LogP contribution in [0.4, 0.5) is 4.79 Å². The Morgan fingerprint density at radius 2 is 2.15 bits per heavy atom. The summed E-state index contributed by atoms with van der Waals surface area (Å²) in [6, 6.07) is 0. The quantitative estimate of drug-likeness (QED) is 0.526. The molecule has 0 aromatic heterocycles. The highest BCUT2D eigenvalue weighted by Gasteiger charge is 2.17. The molecular weight excluding hydrogens is 192 g/mol. The summed E-state index contributed by atoms with van der Waals surface area (Å²) < 4.78 is 9.51. The molecule has 13 heavy (non-hydrogen) atoms. The monoisotopic (exact) mass is 206 g/mol. The van der Waals surface area contributed by atoms with E-state index in [2.05, 4.69) is 4.74 Å². The fraction of sp³-hybridized carbons (Fsp3) is 0.889. The van der Waals surface area contributed by atoms with Gasteiger partial charge >= 0.3 is 6.16 Å². The lowest BCUT2D eigenvalue weighted by Gasteiger charge is -2.10. The Bertz CT molecular complexity index is 164. The number of hydrogen-bond donors (Lipinski definition) is 0. The number of hydrogen-bond acceptors (Lipinski definition) is 3. The van der Waals surface area contributed by atoms with Gasteiger partial charge in [-0.1, -0.05) is 24.4 Å². The maximum Gasteiger partial charge on any atom is 0.509 e. The van der Waals surface area contributed by atoms with E-state index in [0.717, 1.165) is 12.8 Å². The first-order valence-corrected chi connectivity index (χ1v) is 5.09. The van der Waals surface area contributed by atoms with Crippen molar-refractivity contribution in [2.45, 2.75) is 38.2 Å². The number of carbonyl (C=O) groups excluding carboxylic acids is 1. The molecule has 0 saturated heterocycles.